The number of hydrogen-bond acceptors (Lipinski definition) is 3. The molecule has 5 heteroatoms. The smallest absolute Gasteiger partial charge is 0.171 e. The predicted octanol–water partition coefficient (Wildman–Crippen LogP) is 3.88. The molecule has 1 heterocycles. The van der Waals surface area contributed by atoms with Crippen LogP contribution in [-0.4, -0.2) is 31.4 Å². The molecular weight excluding hydrogens is 330 g/mol. The van der Waals surface area contributed by atoms with Crippen molar-refractivity contribution >= 4 is 28.7 Å². The van der Waals surface area contributed by atoms with E-state index in [1.807, 2.05) is 12.1 Å². The predicted molar refractivity (Wildman–Crippen MR) is 108 cm³/mol. The minimum atomic E-state index is 0.142. The zero-order valence-electron chi connectivity index (χ0n) is 14.8. The minimum absolute atomic E-state index is 0.142. The van der Waals surface area contributed by atoms with Crippen molar-refractivity contribution in [2.45, 2.75) is 19.9 Å². The largest absolute Gasteiger partial charge is 0.378 e. The van der Waals surface area contributed by atoms with Gasteiger partial charge in [-0.2, -0.15) is 0 Å². The van der Waals surface area contributed by atoms with Gasteiger partial charge in [0.05, 0.1) is 19.3 Å². The molecule has 0 radical (unpaired) electrons. The van der Waals surface area contributed by atoms with Gasteiger partial charge in [0.25, 0.3) is 0 Å². The zero-order chi connectivity index (χ0) is 17.6. The summed E-state index contributed by atoms with van der Waals surface area (Å²) in [5.41, 5.74) is 4.68. The number of benzene rings is 2. The standard InChI is InChI=1S/C20H25N3OS/c1-15-4-3-5-18(14-15)22-20(25)21-16(2)17-6-8-19(9-7-17)23-10-12-24-13-11-23/h3-9,14,16H,10-13H2,1-2H3,(H2,21,22,25)/t16-/m1/s1. The molecule has 132 valence electrons. The lowest BCUT2D eigenvalue weighted by Crippen LogP contribution is -2.36. The molecule has 0 spiro atoms. The molecule has 0 aromatic heterocycles. The van der Waals surface area contributed by atoms with E-state index >= 15 is 0 Å². The Hall–Kier alpha value is -2.11. The first kappa shape index (κ1) is 17.7. The van der Waals surface area contributed by atoms with Crippen LogP contribution in [0.2, 0.25) is 0 Å². The van der Waals surface area contributed by atoms with E-state index in [2.05, 4.69) is 65.8 Å². The number of nitrogens with zero attached hydrogens (tertiary/aromatic N) is 1. The number of rotatable bonds is 4. The second kappa shape index (κ2) is 8.32. The van der Waals surface area contributed by atoms with Gasteiger partial charge in [-0.1, -0.05) is 24.3 Å². The molecule has 0 saturated carbocycles. The van der Waals surface area contributed by atoms with Gasteiger partial charge in [0, 0.05) is 24.5 Å². The maximum Gasteiger partial charge on any atom is 0.171 e. The number of anilines is 2. The van der Waals surface area contributed by atoms with Crippen LogP contribution in [0.15, 0.2) is 48.5 Å². The fourth-order valence-electron chi connectivity index (χ4n) is 2.97. The van der Waals surface area contributed by atoms with E-state index in [4.69, 9.17) is 17.0 Å². The molecule has 1 aliphatic heterocycles. The molecule has 2 aromatic carbocycles. The van der Waals surface area contributed by atoms with Gasteiger partial charge < -0.3 is 20.3 Å². The van der Waals surface area contributed by atoms with Crippen molar-refractivity contribution in [3.63, 3.8) is 0 Å². The Morgan fingerprint density at radius 2 is 1.84 bits per heavy atom. The van der Waals surface area contributed by atoms with Gasteiger partial charge in [0.2, 0.25) is 0 Å². The number of ether oxygens (including phenoxy) is 1. The molecule has 0 aliphatic carbocycles. The number of nitrogens with one attached hydrogen (secondary N) is 2. The third kappa shape index (κ3) is 4.94. The van der Waals surface area contributed by atoms with Gasteiger partial charge in [0.15, 0.2) is 5.11 Å². The topological polar surface area (TPSA) is 36.5 Å². The van der Waals surface area contributed by atoms with Crippen LogP contribution in [0.3, 0.4) is 0 Å². The first-order chi connectivity index (χ1) is 12.1. The summed E-state index contributed by atoms with van der Waals surface area (Å²) in [7, 11) is 0. The molecule has 1 fully saturated rings. The first-order valence-corrected chi connectivity index (χ1v) is 9.09. The molecule has 4 nitrogen and oxygen atoms in total. The van der Waals surface area contributed by atoms with Crippen LogP contribution in [0, 0.1) is 6.92 Å². The first-order valence-electron chi connectivity index (χ1n) is 8.68. The summed E-state index contributed by atoms with van der Waals surface area (Å²) < 4.78 is 5.41. The van der Waals surface area contributed by atoms with E-state index in [0.717, 1.165) is 32.0 Å². The quantitative estimate of drug-likeness (QED) is 0.814. The van der Waals surface area contributed by atoms with Gasteiger partial charge in [-0.15, -0.1) is 0 Å². The molecule has 1 saturated heterocycles. The highest BCUT2D eigenvalue weighted by molar-refractivity contribution is 7.80. The molecule has 25 heavy (non-hydrogen) atoms. The molecule has 0 unspecified atom stereocenters. The number of morpholine rings is 1. The van der Waals surface area contributed by atoms with Crippen LogP contribution < -0.4 is 15.5 Å². The molecule has 3 rings (SSSR count). The van der Waals surface area contributed by atoms with E-state index < -0.39 is 0 Å². The van der Waals surface area contributed by atoms with Gasteiger partial charge >= 0.3 is 0 Å². The minimum Gasteiger partial charge on any atom is -0.378 e. The molecule has 0 bridgehead atoms. The molecular formula is C20H25N3OS. The van der Waals surface area contributed by atoms with Gasteiger partial charge in [0.1, 0.15) is 0 Å². The Kier molecular flexibility index (Phi) is 5.89. The lowest BCUT2D eigenvalue weighted by atomic mass is 10.1. The summed E-state index contributed by atoms with van der Waals surface area (Å²) in [5.74, 6) is 0. The van der Waals surface area contributed by atoms with E-state index in [1.54, 1.807) is 0 Å². The molecule has 1 atom stereocenters. The highest BCUT2D eigenvalue weighted by atomic mass is 32.1. The average molecular weight is 356 g/mol. The maximum absolute atomic E-state index is 5.44. The summed E-state index contributed by atoms with van der Waals surface area (Å²) in [6, 6.07) is 17.0. The normalized spacial score (nSPS) is 15.5. The summed E-state index contributed by atoms with van der Waals surface area (Å²) in [4.78, 5) is 2.36. The number of thiocarbonyl (C=S) groups is 1. The Bertz CT molecular complexity index is 711. The van der Waals surface area contributed by atoms with Crippen molar-refractivity contribution in [1.29, 1.82) is 0 Å². The van der Waals surface area contributed by atoms with Crippen molar-refractivity contribution in [2.75, 3.05) is 36.5 Å². The Labute approximate surface area is 155 Å². The van der Waals surface area contributed by atoms with Crippen LogP contribution >= 0.6 is 12.2 Å². The highest BCUT2D eigenvalue weighted by Gasteiger charge is 2.12. The lowest BCUT2D eigenvalue weighted by Gasteiger charge is -2.29. The summed E-state index contributed by atoms with van der Waals surface area (Å²) >= 11 is 5.44. The second-order valence-corrected chi connectivity index (χ2v) is 6.79. The molecule has 2 N–H and O–H groups in total. The van der Waals surface area contributed by atoms with Gasteiger partial charge in [-0.3, -0.25) is 0 Å². The summed E-state index contributed by atoms with van der Waals surface area (Å²) in [5, 5.41) is 7.23. The third-order valence-corrected chi connectivity index (χ3v) is 4.61. The van der Waals surface area contributed by atoms with E-state index in [-0.39, 0.29) is 6.04 Å². The average Bonchev–Trinajstić information content (AvgIpc) is 2.62. The Morgan fingerprint density at radius 3 is 2.52 bits per heavy atom. The maximum atomic E-state index is 5.44. The lowest BCUT2D eigenvalue weighted by molar-refractivity contribution is 0.122. The van der Waals surface area contributed by atoms with E-state index in [0.29, 0.717) is 5.11 Å². The Morgan fingerprint density at radius 1 is 1.12 bits per heavy atom. The van der Waals surface area contributed by atoms with E-state index in [9.17, 15) is 0 Å². The van der Waals surface area contributed by atoms with Crippen molar-refractivity contribution in [2.24, 2.45) is 0 Å². The van der Waals surface area contributed by atoms with Crippen LogP contribution in [0.5, 0.6) is 0 Å². The van der Waals surface area contributed by atoms with Crippen molar-refractivity contribution < 1.29 is 4.74 Å². The van der Waals surface area contributed by atoms with Crippen LogP contribution in [0.4, 0.5) is 11.4 Å². The van der Waals surface area contributed by atoms with Crippen LogP contribution in [0.25, 0.3) is 0 Å². The SMILES string of the molecule is Cc1cccc(NC(=S)N[C@H](C)c2ccc(N3CCOCC3)cc2)c1. The van der Waals surface area contributed by atoms with Crippen molar-refractivity contribution in [3.8, 4) is 0 Å². The van der Waals surface area contributed by atoms with Crippen molar-refractivity contribution in [3.05, 3.63) is 59.7 Å². The summed E-state index contributed by atoms with van der Waals surface area (Å²) in [6.45, 7) is 7.71. The monoisotopic (exact) mass is 355 g/mol. The van der Waals surface area contributed by atoms with Gasteiger partial charge in [-0.25, -0.2) is 0 Å². The summed E-state index contributed by atoms with van der Waals surface area (Å²) in [6.07, 6.45) is 0. The fraction of sp³-hybridized carbons (Fsp3) is 0.350. The third-order valence-electron chi connectivity index (χ3n) is 4.39. The molecule has 2 aromatic rings. The Balaban J connectivity index is 1.57. The van der Waals surface area contributed by atoms with Crippen molar-refractivity contribution in [1.82, 2.24) is 5.32 Å². The number of aryl methyl sites for hydroxylation is 1. The molecule has 1 aliphatic rings. The van der Waals surface area contributed by atoms with Crippen LogP contribution in [0.1, 0.15) is 24.1 Å². The molecule has 0 amide bonds. The number of hydrogen-bond donors (Lipinski definition) is 2. The highest BCUT2D eigenvalue weighted by Crippen LogP contribution is 2.20. The second-order valence-electron chi connectivity index (χ2n) is 6.38. The van der Waals surface area contributed by atoms with E-state index in [1.165, 1.54) is 16.8 Å². The van der Waals surface area contributed by atoms with Gasteiger partial charge in [-0.05, 0) is 61.5 Å². The van der Waals surface area contributed by atoms with Crippen LogP contribution in [-0.2, 0) is 4.74 Å². The fourth-order valence-corrected chi connectivity index (χ4v) is 3.26. The zero-order valence-corrected chi connectivity index (χ0v) is 15.6.